The Hall–Kier alpha value is -1.90. The minimum absolute atomic E-state index is 0.191. The maximum absolute atomic E-state index is 11.6. The minimum Gasteiger partial charge on any atom is -0.342 e. The van der Waals surface area contributed by atoms with Gasteiger partial charge in [0.2, 0.25) is 5.91 Å². The predicted molar refractivity (Wildman–Crippen MR) is 97.8 cm³/mol. The van der Waals surface area contributed by atoms with Gasteiger partial charge < -0.3 is 4.90 Å². The van der Waals surface area contributed by atoms with Gasteiger partial charge in [0.05, 0.1) is 11.6 Å². The number of carbonyl (C=O) groups excluding carboxylic acids is 1. The fourth-order valence-corrected chi connectivity index (χ4v) is 4.24. The zero-order valence-electron chi connectivity index (χ0n) is 15.3. The Morgan fingerprint density at radius 1 is 1.20 bits per heavy atom. The molecule has 1 amide bonds. The summed E-state index contributed by atoms with van der Waals surface area (Å²) in [7, 11) is 0. The first-order chi connectivity index (χ1) is 12.1. The first kappa shape index (κ1) is 17.9. The molecule has 5 heteroatoms. The summed E-state index contributed by atoms with van der Waals surface area (Å²) in [5, 5.41) is 9.29. The van der Waals surface area contributed by atoms with E-state index in [1.54, 1.807) is 6.92 Å². The summed E-state index contributed by atoms with van der Waals surface area (Å²) in [5.74, 6) is 0.800. The van der Waals surface area contributed by atoms with Crippen molar-refractivity contribution in [3.63, 3.8) is 0 Å². The highest BCUT2D eigenvalue weighted by Gasteiger charge is 2.34. The molecule has 0 N–H and O–H groups in total. The smallest absolute Gasteiger partial charge is 0.219 e. The van der Waals surface area contributed by atoms with Crippen LogP contribution in [0.1, 0.15) is 31.4 Å². The van der Waals surface area contributed by atoms with Gasteiger partial charge in [0.25, 0.3) is 0 Å². The van der Waals surface area contributed by atoms with Crippen molar-refractivity contribution in [3.05, 3.63) is 35.4 Å². The molecule has 1 aromatic carbocycles. The average Bonchev–Trinajstić information content (AvgIpc) is 2.82. The summed E-state index contributed by atoms with van der Waals surface area (Å²) in [6.07, 6.45) is 1.06. The van der Waals surface area contributed by atoms with E-state index in [1.807, 2.05) is 23.1 Å². The number of nitrogens with zero attached hydrogens (tertiary/aromatic N) is 4. The lowest BCUT2D eigenvalue weighted by molar-refractivity contribution is -0.128. The molecule has 25 heavy (non-hydrogen) atoms. The van der Waals surface area contributed by atoms with E-state index in [0.29, 0.717) is 12.0 Å². The number of carbonyl (C=O) groups is 1. The van der Waals surface area contributed by atoms with E-state index in [-0.39, 0.29) is 5.91 Å². The second-order valence-corrected chi connectivity index (χ2v) is 7.40. The van der Waals surface area contributed by atoms with Crippen molar-refractivity contribution in [3.8, 4) is 6.07 Å². The molecule has 0 bridgehead atoms. The molecule has 134 valence electrons. The molecule has 0 aliphatic carbocycles. The third-order valence-electron chi connectivity index (χ3n) is 5.62. The number of likely N-dealkylation sites (tertiary alicyclic amines) is 1. The Balaban J connectivity index is 1.61. The van der Waals surface area contributed by atoms with Gasteiger partial charge in [-0.05, 0) is 24.0 Å². The van der Waals surface area contributed by atoms with Crippen LogP contribution in [0, 0.1) is 17.2 Å². The maximum atomic E-state index is 11.6. The van der Waals surface area contributed by atoms with Gasteiger partial charge in [-0.25, -0.2) is 0 Å². The van der Waals surface area contributed by atoms with Gasteiger partial charge in [0.1, 0.15) is 0 Å². The fraction of sp³-hybridized carbons (Fsp3) is 0.600. The first-order valence-corrected chi connectivity index (χ1v) is 9.28. The van der Waals surface area contributed by atoms with Crippen molar-refractivity contribution < 1.29 is 4.79 Å². The Morgan fingerprint density at radius 3 is 2.76 bits per heavy atom. The summed E-state index contributed by atoms with van der Waals surface area (Å²) < 4.78 is 0. The van der Waals surface area contributed by atoms with Crippen molar-refractivity contribution in [1.82, 2.24) is 14.7 Å². The lowest BCUT2D eigenvalue weighted by atomic mass is 10.0. The molecule has 2 heterocycles. The number of nitriles is 1. The normalized spacial score (nSPS) is 25.6. The van der Waals surface area contributed by atoms with Gasteiger partial charge in [-0.15, -0.1) is 0 Å². The number of rotatable bonds is 3. The van der Waals surface area contributed by atoms with E-state index in [9.17, 15) is 10.1 Å². The third kappa shape index (κ3) is 4.20. The van der Waals surface area contributed by atoms with Crippen LogP contribution in [0.25, 0.3) is 0 Å². The van der Waals surface area contributed by atoms with E-state index < -0.39 is 0 Å². The predicted octanol–water partition coefficient (Wildman–Crippen LogP) is 1.93. The molecule has 2 aliphatic rings. The van der Waals surface area contributed by atoms with Crippen LogP contribution >= 0.6 is 0 Å². The molecule has 5 nitrogen and oxygen atoms in total. The molecule has 1 aromatic rings. The second kappa shape index (κ2) is 7.99. The molecule has 3 rings (SSSR count). The average molecular weight is 340 g/mol. The van der Waals surface area contributed by atoms with E-state index in [2.05, 4.69) is 28.9 Å². The molecule has 2 saturated heterocycles. The molecule has 2 atom stereocenters. The Morgan fingerprint density at radius 2 is 2.00 bits per heavy atom. The first-order valence-electron chi connectivity index (χ1n) is 9.28. The molecule has 0 aromatic heterocycles. The Kier molecular flexibility index (Phi) is 5.72. The standard InChI is InChI=1S/C20H28N4O/c1-16-13-22(14-19-7-4-3-6-18(19)12-21)15-20(16)24-9-5-8-23(10-11-24)17(2)25/h3-4,6-7,16,20H,5,8-11,13-15H2,1-2H3/t16-,20-/m1/s1. The monoisotopic (exact) mass is 340 g/mol. The van der Waals surface area contributed by atoms with E-state index in [0.717, 1.165) is 63.4 Å². The van der Waals surface area contributed by atoms with Gasteiger partial charge in [0, 0.05) is 58.8 Å². The molecule has 0 radical (unpaired) electrons. The molecule has 0 saturated carbocycles. The van der Waals surface area contributed by atoms with Gasteiger partial charge >= 0.3 is 0 Å². The Labute approximate surface area is 150 Å². The zero-order chi connectivity index (χ0) is 17.8. The summed E-state index contributed by atoms with van der Waals surface area (Å²) >= 11 is 0. The van der Waals surface area contributed by atoms with Crippen molar-refractivity contribution in [2.45, 2.75) is 32.9 Å². The lowest BCUT2D eigenvalue weighted by Gasteiger charge is -2.30. The van der Waals surface area contributed by atoms with Gasteiger partial charge in [-0.1, -0.05) is 25.1 Å². The van der Waals surface area contributed by atoms with E-state index >= 15 is 0 Å². The van der Waals surface area contributed by atoms with Crippen LogP contribution in [0.5, 0.6) is 0 Å². The fourth-order valence-electron chi connectivity index (χ4n) is 4.24. The highest BCUT2D eigenvalue weighted by Crippen LogP contribution is 2.25. The van der Waals surface area contributed by atoms with Crippen molar-refractivity contribution in [1.29, 1.82) is 5.26 Å². The van der Waals surface area contributed by atoms with Crippen LogP contribution in [0.3, 0.4) is 0 Å². The number of amides is 1. The number of hydrogen-bond acceptors (Lipinski definition) is 4. The van der Waals surface area contributed by atoms with E-state index in [1.165, 1.54) is 0 Å². The highest BCUT2D eigenvalue weighted by atomic mass is 16.2. The number of benzene rings is 1. The lowest BCUT2D eigenvalue weighted by Crippen LogP contribution is -2.42. The quantitative estimate of drug-likeness (QED) is 0.844. The van der Waals surface area contributed by atoms with Crippen LogP contribution in [0.15, 0.2) is 24.3 Å². The summed E-state index contributed by atoms with van der Waals surface area (Å²) in [5.41, 5.74) is 1.90. The third-order valence-corrected chi connectivity index (χ3v) is 5.62. The summed E-state index contributed by atoms with van der Waals surface area (Å²) in [6, 6.07) is 10.7. The second-order valence-electron chi connectivity index (χ2n) is 7.40. The van der Waals surface area contributed by atoms with Crippen molar-refractivity contribution in [2.75, 3.05) is 39.3 Å². The van der Waals surface area contributed by atoms with Crippen LogP contribution in [0.2, 0.25) is 0 Å². The van der Waals surface area contributed by atoms with Crippen LogP contribution in [0.4, 0.5) is 0 Å². The zero-order valence-corrected chi connectivity index (χ0v) is 15.3. The van der Waals surface area contributed by atoms with Crippen molar-refractivity contribution >= 4 is 5.91 Å². The molecule has 2 aliphatic heterocycles. The molecule has 0 spiro atoms. The number of hydrogen-bond donors (Lipinski definition) is 0. The minimum atomic E-state index is 0.191. The van der Waals surface area contributed by atoms with Crippen molar-refractivity contribution in [2.24, 2.45) is 5.92 Å². The molecular weight excluding hydrogens is 312 g/mol. The van der Waals surface area contributed by atoms with Crippen LogP contribution < -0.4 is 0 Å². The molecular formula is C20H28N4O. The largest absolute Gasteiger partial charge is 0.342 e. The van der Waals surface area contributed by atoms with E-state index in [4.69, 9.17) is 0 Å². The summed E-state index contributed by atoms with van der Waals surface area (Å²) in [6.45, 7) is 10.7. The Bertz CT molecular complexity index is 653. The van der Waals surface area contributed by atoms with Crippen LogP contribution in [-0.4, -0.2) is 65.9 Å². The van der Waals surface area contributed by atoms with Gasteiger partial charge in [-0.3, -0.25) is 14.6 Å². The van der Waals surface area contributed by atoms with Gasteiger partial charge in [0.15, 0.2) is 0 Å². The SMILES string of the molecule is CC(=O)N1CCCN([C@@H]2CN(Cc3ccccc3C#N)C[C@H]2C)CC1. The maximum Gasteiger partial charge on any atom is 0.219 e. The highest BCUT2D eigenvalue weighted by molar-refractivity contribution is 5.73. The molecule has 2 fully saturated rings. The van der Waals surface area contributed by atoms with Crippen LogP contribution in [-0.2, 0) is 11.3 Å². The van der Waals surface area contributed by atoms with Gasteiger partial charge in [-0.2, -0.15) is 5.26 Å². The molecule has 0 unspecified atom stereocenters. The topological polar surface area (TPSA) is 50.6 Å². The summed E-state index contributed by atoms with van der Waals surface area (Å²) in [4.78, 5) is 18.6.